The molecule has 1 atom stereocenters. The third kappa shape index (κ3) is 1.29. The zero-order valence-corrected chi connectivity index (χ0v) is 8.10. The Hall–Kier alpha value is -1.10. The first-order valence-electron chi connectivity index (χ1n) is 4.17. The molecule has 0 spiro atoms. The highest BCUT2D eigenvalue weighted by Crippen LogP contribution is 2.31. The summed E-state index contributed by atoms with van der Waals surface area (Å²) >= 11 is 0. The van der Waals surface area contributed by atoms with Gasteiger partial charge >= 0.3 is 6.03 Å². The van der Waals surface area contributed by atoms with Gasteiger partial charge < -0.3 is 11.1 Å². The Morgan fingerprint density at radius 1 is 1.38 bits per heavy atom. The van der Waals surface area contributed by atoms with Gasteiger partial charge in [0.25, 0.3) is 5.91 Å². The molecule has 0 aromatic carbocycles. The molecule has 1 saturated heterocycles. The van der Waals surface area contributed by atoms with Gasteiger partial charge in [-0.25, -0.2) is 4.79 Å². The fourth-order valence-electron chi connectivity index (χ4n) is 1.47. The van der Waals surface area contributed by atoms with Gasteiger partial charge in [0.1, 0.15) is 5.54 Å². The van der Waals surface area contributed by atoms with E-state index in [9.17, 15) is 9.59 Å². The fraction of sp³-hybridized carbons (Fsp3) is 0.750. The van der Waals surface area contributed by atoms with E-state index in [4.69, 9.17) is 5.73 Å². The molecule has 0 radical (unpaired) electrons. The molecule has 0 aromatic rings. The molecule has 74 valence electrons. The standard InChI is InChI=1S/C8H15N3O2/c1-7(2,3)8(4-9)5(12)10-6(13)11-8/h4,9H2,1-3H3,(H2,10,11,12,13)/t8-/m1/s1. The predicted molar refractivity (Wildman–Crippen MR) is 47.9 cm³/mol. The van der Waals surface area contributed by atoms with Crippen LogP contribution in [0.4, 0.5) is 4.79 Å². The second-order valence-corrected chi connectivity index (χ2v) is 4.27. The number of nitrogens with one attached hydrogen (secondary N) is 2. The normalized spacial score (nSPS) is 28.6. The number of nitrogens with two attached hydrogens (primary N) is 1. The number of carbonyl (C=O) groups is 2. The van der Waals surface area contributed by atoms with E-state index >= 15 is 0 Å². The average molecular weight is 185 g/mol. The van der Waals surface area contributed by atoms with Gasteiger partial charge in [-0.05, 0) is 5.41 Å². The van der Waals surface area contributed by atoms with Crippen LogP contribution in [0, 0.1) is 5.41 Å². The molecule has 4 N–H and O–H groups in total. The van der Waals surface area contributed by atoms with Crippen LogP contribution in [-0.2, 0) is 4.79 Å². The summed E-state index contributed by atoms with van der Waals surface area (Å²) in [7, 11) is 0. The maximum Gasteiger partial charge on any atom is 0.322 e. The van der Waals surface area contributed by atoms with Gasteiger partial charge in [-0.1, -0.05) is 20.8 Å². The molecular formula is C8H15N3O2. The van der Waals surface area contributed by atoms with Crippen molar-refractivity contribution in [2.24, 2.45) is 11.1 Å². The molecule has 13 heavy (non-hydrogen) atoms. The molecule has 1 rings (SSSR count). The van der Waals surface area contributed by atoms with Gasteiger partial charge in [0.15, 0.2) is 0 Å². The topological polar surface area (TPSA) is 84.2 Å². The quantitative estimate of drug-likeness (QED) is 0.485. The molecule has 0 unspecified atom stereocenters. The monoisotopic (exact) mass is 185 g/mol. The Bertz CT molecular complexity index is 257. The van der Waals surface area contributed by atoms with Gasteiger partial charge in [0, 0.05) is 6.54 Å². The lowest BCUT2D eigenvalue weighted by molar-refractivity contribution is -0.127. The summed E-state index contributed by atoms with van der Waals surface area (Å²) in [6.45, 7) is 5.70. The molecule has 5 heteroatoms. The Labute approximate surface area is 77.1 Å². The van der Waals surface area contributed by atoms with Gasteiger partial charge in [-0.3, -0.25) is 10.1 Å². The van der Waals surface area contributed by atoms with E-state index in [0.29, 0.717) is 0 Å². The minimum atomic E-state index is -0.968. The molecule has 5 nitrogen and oxygen atoms in total. The number of imide groups is 1. The summed E-state index contributed by atoms with van der Waals surface area (Å²) in [6, 6.07) is -0.467. The lowest BCUT2D eigenvalue weighted by Gasteiger charge is -2.37. The van der Waals surface area contributed by atoms with Gasteiger partial charge in [0.2, 0.25) is 0 Å². The van der Waals surface area contributed by atoms with E-state index in [-0.39, 0.29) is 12.5 Å². The molecule has 0 bridgehead atoms. The molecule has 3 amide bonds. The first kappa shape index (κ1) is 9.98. The molecule has 0 saturated carbocycles. The summed E-state index contributed by atoms with van der Waals surface area (Å²) in [4.78, 5) is 22.5. The number of urea groups is 1. The highest BCUT2D eigenvalue weighted by atomic mass is 16.2. The van der Waals surface area contributed by atoms with Crippen LogP contribution in [0.1, 0.15) is 20.8 Å². The van der Waals surface area contributed by atoms with Crippen LogP contribution in [0.3, 0.4) is 0 Å². The largest absolute Gasteiger partial charge is 0.328 e. The highest BCUT2D eigenvalue weighted by Gasteiger charge is 2.53. The minimum absolute atomic E-state index is 0.105. The SMILES string of the molecule is CC(C)(C)[C@]1(CN)NC(=O)NC1=O. The van der Waals surface area contributed by atoms with Gasteiger partial charge in [-0.15, -0.1) is 0 Å². The molecule has 0 aromatic heterocycles. The van der Waals surface area contributed by atoms with E-state index in [1.807, 2.05) is 20.8 Å². The Balaban J connectivity index is 3.08. The van der Waals surface area contributed by atoms with E-state index in [0.717, 1.165) is 0 Å². The predicted octanol–water partition coefficient (Wildman–Crippen LogP) is -0.431. The highest BCUT2D eigenvalue weighted by molar-refractivity contribution is 6.07. The lowest BCUT2D eigenvalue weighted by Crippen LogP contribution is -2.61. The van der Waals surface area contributed by atoms with Crippen molar-refractivity contribution >= 4 is 11.9 Å². The van der Waals surface area contributed by atoms with Crippen molar-refractivity contribution in [1.29, 1.82) is 0 Å². The summed E-state index contributed by atoms with van der Waals surface area (Å²) in [5.74, 6) is -0.340. The Morgan fingerprint density at radius 2 is 1.92 bits per heavy atom. The van der Waals surface area contributed by atoms with E-state index in [1.165, 1.54) is 0 Å². The summed E-state index contributed by atoms with van der Waals surface area (Å²) in [5.41, 5.74) is 4.17. The van der Waals surface area contributed by atoms with Gasteiger partial charge in [-0.2, -0.15) is 0 Å². The van der Waals surface area contributed by atoms with Crippen LogP contribution in [-0.4, -0.2) is 24.0 Å². The minimum Gasteiger partial charge on any atom is -0.328 e. The molecule has 1 aliphatic heterocycles. The van der Waals surface area contributed by atoms with Gasteiger partial charge in [0.05, 0.1) is 0 Å². The summed E-state index contributed by atoms with van der Waals surface area (Å²) < 4.78 is 0. The number of rotatable bonds is 1. The van der Waals surface area contributed by atoms with Crippen LogP contribution < -0.4 is 16.4 Å². The number of hydrogen-bond acceptors (Lipinski definition) is 3. The van der Waals surface area contributed by atoms with Crippen molar-refractivity contribution < 1.29 is 9.59 Å². The van der Waals surface area contributed by atoms with E-state index in [1.54, 1.807) is 0 Å². The smallest absolute Gasteiger partial charge is 0.322 e. The molecule has 1 heterocycles. The maximum atomic E-state index is 11.5. The maximum absolute atomic E-state index is 11.5. The average Bonchev–Trinajstić information content (AvgIpc) is 2.25. The first-order chi connectivity index (χ1) is 5.83. The van der Waals surface area contributed by atoms with E-state index in [2.05, 4.69) is 10.6 Å². The Kier molecular flexibility index (Phi) is 2.07. The first-order valence-corrected chi connectivity index (χ1v) is 4.17. The van der Waals surface area contributed by atoms with Crippen molar-refractivity contribution in [1.82, 2.24) is 10.6 Å². The van der Waals surface area contributed by atoms with Crippen molar-refractivity contribution in [3.8, 4) is 0 Å². The third-order valence-electron chi connectivity index (χ3n) is 2.53. The zero-order valence-electron chi connectivity index (χ0n) is 8.10. The molecule has 1 fully saturated rings. The second-order valence-electron chi connectivity index (χ2n) is 4.27. The van der Waals surface area contributed by atoms with Crippen molar-refractivity contribution in [2.75, 3.05) is 6.54 Å². The number of carbonyl (C=O) groups excluding carboxylic acids is 2. The Morgan fingerprint density at radius 3 is 2.08 bits per heavy atom. The number of hydrogen-bond donors (Lipinski definition) is 3. The van der Waals surface area contributed by atoms with Crippen LogP contribution in [0.25, 0.3) is 0 Å². The third-order valence-corrected chi connectivity index (χ3v) is 2.53. The zero-order chi connectivity index (χ0) is 10.3. The fourth-order valence-corrected chi connectivity index (χ4v) is 1.47. The van der Waals surface area contributed by atoms with Crippen LogP contribution in [0.15, 0.2) is 0 Å². The number of amides is 3. The van der Waals surface area contributed by atoms with E-state index < -0.39 is 17.0 Å². The van der Waals surface area contributed by atoms with Crippen LogP contribution >= 0.6 is 0 Å². The molecular weight excluding hydrogens is 170 g/mol. The van der Waals surface area contributed by atoms with Crippen molar-refractivity contribution in [3.63, 3.8) is 0 Å². The summed E-state index contributed by atoms with van der Waals surface area (Å²) in [6.07, 6.45) is 0. The molecule has 1 aliphatic rings. The van der Waals surface area contributed by atoms with Crippen molar-refractivity contribution in [2.45, 2.75) is 26.3 Å². The van der Waals surface area contributed by atoms with Crippen LogP contribution in [0.5, 0.6) is 0 Å². The summed E-state index contributed by atoms with van der Waals surface area (Å²) in [5, 5.41) is 4.78. The van der Waals surface area contributed by atoms with Crippen LogP contribution in [0.2, 0.25) is 0 Å². The molecule has 0 aliphatic carbocycles. The van der Waals surface area contributed by atoms with Crippen molar-refractivity contribution in [3.05, 3.63) is 0 Å². The second kappa shape index (κ2) is 2.70. The lowest BCUT2D eigenvalue weighted by atomic mass is 9.73.